The Labute approximate surface area is 154 Å². The molecule has 1 aliphatic heterocycles. The molecule has 4 rings (SSSR count). The van der Waals surface area contributed by atoms with E-state index in [1.165, 1.54) is 12.5 Å². The van der Waals surface area contributed by atoms with Crippen LogP contribution in [-0.4, -0.2) is 63.0 Å². The van der Waals surface area contributed by atoms with Gasteiger partial charge in [-0.1, -0.05) is 12.1 Å². The molecule has 1 saturated heterocycles. The summed E-state index contributed by atoms with van der Waals surface area (Å²) >= 11 is 0. The van der Waals surface area contributed by atoms with E-state index in [1.54, 1.807) is 6.07 Å². The third-order valence-corrected chi connectivity index (χ3v) is 4.38. The molecule has 0 N–H and O–H groups in total. The van der Waals surface area contributed by atoms with Crippen molar-refractivity contribution in [2.24, 2.45) is 0 Å². The number of para-hydroxylation sites is 2. The van der Waals surface area contributed by atoms with E-state index in [0.717, 1.165) is 13.1 Å². The zero-order valence-electron chi connectivity index (χ0n) is 14.6. The summed E-state index contributed by atoms with van der Waals surface area (Å²) in [5.41, 5.74) is 1.07. The van der Waals surface area contributed by atoms with Crippen LogP contribution in [0.1, 0.15) is 0 Å². The van der Waals surface area contributed by atoms with Crippen molar-refractivity contribution in [2.75, 3.05) is 38.1 Å². The average Bonchev–Trinajstić information content (AvgIpc) is 2.68. The van der Waals surface area contributed by atoms with Crippen LogP contribution in [0.4, 0.5) is 11.5 Å². The molecule has 0 aliphatic carbocycles. The molecule has 2 aromatic heterocycles. The molecule has 138 valence electrons. The Morgan fingerprint density at radius 2 is 1.81 bits per heavy atom. The molecule has 0 amide bonds. The number of likely N-dealkylation sites (N-methyl/N-ethyl adjacent to an activating group) is 1. The van der Waals surface area contributed by atoms with Crippen LogP contribution in [0, 0.1) is 10.1 Å². The Morgan fingerprint density at radius 3 is 2.56 bits per heavy atom. The van der Waals surface area contributed by atoms with Gasteiger partial charge in [0.25, 0.3) is 0 Å². The van der Waals surface area contributed by atoms with Gasteiger partial charge in [-0.3, -0.25) is 10.1 Å². The van der Waals surface area contributed by atoms with Crippen LogP contribution in [-0.2, 0) is 0 Å². The lowest BCUT2D eigenvalue weighted by atomic mass is 10.3. The molecule has 0 spiro atoms. The fourth-order valence-corrected chi connectivity index (χ4v) is 2.93. The SMILES string of the molecule is CN1CCN(c2ncnc(Oc3cnc4ccccc4n3)c2[N+](=O)[O-])CC1. The van der Waals surface area contributed by atoms with Gasteiger partial charge >= 0.3 is 11.6 Å². The molecule has 1 fully saturated rings. The lowest BCUT2D eigenvalue weighted by Crippen LogP contribution is -2.45. The van der Waals surface area contributed by atoms with Crippen molar-refractivity contribution in [1.82, 2.24) is 24.8 Å². The largest absolute Gasteiger partial charge is 0.413 e. The fraction of sp³-hybridized carbons (Fsp3) is 0.294. The highest BCUT2D eigenvalue weighted by molar-refractivity contribution is 5.74. The number of rotatable bonds is 4. The van der Waals surface area contributed by atoms with Gasteiger partial charge in [0.05, 0.1) is 22.2 Å². The summed E-state index contributed by atoms with van der Waals surface area (Å²) in [5, 5.41) is 11.7. The molecule has 0 radical (unpaired) electrons. The van der Waals surface area contributed by atoms with E-state index in [-0.39, 0.29) is 23.3 Å². The Bertz CT molecular complexity index is 989. The molecule has 0 unspecified atom stereocenters. The first-order chi connectivity index (χ1) is 13.1. The summed E-state index contributed by atoms with van der Waals surface area (Å²) in [6.07, 6.45) is 2.69. The molecule has 10 nitrogen and oxygen atoms in total. The van der Waals surface area contributed by atoms with Gasteiger partial charge in [-0.25, -0.2) is 15.0 Å². The smallest absolute Gasteiger partial charge is 0.373 e. The normalized spacial score (nSPS) is 15.1. The van der Waals surface area contributed by atoms with Crippen molar-refractivity contribution >= 4 is 22.5 Å². The minimum atomic E-state index is -0.516. The molecule has 10 heteroatoms. The minimum absolute atomic E-state index is 0.139. The maximum Gasteiger partial charge on any atom is 0.373 e. The average molecular weight is 367 g/mol. The van der Waals surface area contributed by atoms with Crippen molar-refractivity contribution in [3.63, 3.8) is 0 Å². The first-order valence-electron chi connectivity index (χ1n) is 8.44. The number of benzene rings is 1. The topological polar surface area (TPSA) is 110 Å². The highest BCUT2D eigenvalue weighted by Gasteiger charge is 2.30. The van der Waals surface area contributed by atoms with Crippen LogP contribution in [0.2, 0.25) is 0 Å². The lowest BCUT2D eigenvalue weighted by molar-refractivity contribution is -0.385. The Kier molecular flexibility index (Phi) is 4.47. The van der Waals surface area contributed by atoms with Gasteiger partial charge < -0.3 is 14.5 Å². The van der Waals surface area contributed by atoms with Crippen LogP contribution < -0.4 is 9.64 Å². The van der Waals surface area contributed by atoms with Crippen LogP contribution in [0.25, 0.3) is 11.0 Å². The van der Waals surface area contributed by atoms with Crippen molar-refractivity contribution in [1.29, 1.82) is 0 Å². The van der Waals surface area contributed by atoms with Crippen LogP contribution in [0.15, 0.2) is 36.8 Å². The highest BCUT2D eigenvalue weighted by Crippen LogP contribution is 2.35. The monoisotopic (exact) mass is 367 g/mol. The van der Waals surface area contributed by atoms with Gasteiger partial charge in [0.15, 0.2) is 0 Å². The Morgan fingerprint density at radius 1 is 1.07 bits per heavy atom. The maximum absolute atomic E-state index is 11.7. The predicted octanol–water partition coefficient (Wildman–Crippen LogP) is 1.87. The summed E-state index contributed by atoms with van der Waals surface area (Å²) in [6.45, 7) is 2.88. The van der Waals surface area contributed by atoms with Gasteiger partial charge in [-0.2, -0.15) is 4.98 Å². The fourth-order valence-electron chi connectivity index (χ4n) is 2.93. The molecule has 3 aromatic rings. The van der Waals surface area contributed by atoms with E-state index in [2.05, 4.69) is 24.8 Å². The number of fused-ring (bicyclic) bond motifs is 1. The van der Waals surface area contributed by atoms with Crippen molar-refractivity contribution < 1.29 is 9.66 Å². The zero-order chi connectivity index (χ0) is 18.8. The molecule has 3 heterocycles. The van der Waals surface area contributed by atoms with Crippen molar-refractivity contribution in [3.8, 4) is 11.8 Å². The van der Waals surface area contributed by atoms with E-state index < -0.39 is 4.92 Å². The molecule has 1 aliphatic rings. The summed E-state index contributed by atoms with van der Waals surface area (Å²) in [4.78, 5) is 31.9. The molecule has 0 saturated carbocycles. The third kappa shape index (κ3) is 3.47. The van der Waals surface area contributed by atoms with Crippen molar-refractivity contribution in [3.05, 3.63) is 46.9 Å². The second kappa shape index (κ2) is 7.08. The minimum Gasteiger partial charge on any atom is -0.413 e. The van der Waals surface area contributed by atoms with Gasteiger partial charge in [0, 0.05) is 26.2 Å². The Balaban J connectivity index is 1.69. The number of hydrogen-bond donors (Lipinski definition) is 0. The summed E-state index contributed by atoms with van der Waals surface area (Å²) < 4.78 is 5.63. The standard InChI is InChI=1S/C17H17N7O3/c1-22-6-8-23(9-7-22)16-15(24(25)26)17(20-11-19-16)27-14-10-18-12-4-2-3-5-13(12)21-14/h2-5,10-11H,6-9H2,1H3. The maximum atomic E-state index is 11.7. The summed E-state index contributed by atoms with van der Waals surface area (Å²) in [6, 6.07) is 7.30. The van der Waals surface area contributed by atoms with Crippen LogP contribution >= 0.6 is 0 Å². The number of hydrogen-bond acceptors (Lipinski definition) is 9. The van der Waals surface area contributed by atoms with E-state index in [0.29, 0.717) is 24.1 Å². The van der Waals surface area contributed by atoms with Crippen LogP contribution in [0.3, 0.4) is 0 Å². The summed E-state index contributed by atoms with van der Waals surface area (Å²) in [7, 11) is 2.01. The molecule has 27 heavy (non-hydrogen) atoms. The zero-order valence-corrected chi connectivity index (χ0v) is 14.6. The predicted molar refractivity (Wildman–Crippen MR) is 98.0 cm³/mol. The molecular weight excluding hydrogens is 350 g/mol. The number of aromatic nitrogens is 4. The van der Waals surface area contributed by atoms with Crippen LogP contribution in [0.5, 0.6) is 11.8 Å². The highest BCUT2D eigenvalue weighted by atomic mass is 16.6. The molecule has 1 aromatic carbocycles. The second-order valence-electron chi connectivity index (χ2n) is 6.20. The second-order valence-corrected chi connectivity index (χ2v) is 6.20. The number of nitrogens with zero attached hydrogens (tertiary/aromatic N) is 7. The quantitative estimate of drug-likeness (QED) is 0.504. The third-order valence-electron chi connectivity index (χ3n) is 4.38. The van der Waals surface area contributed by atoms with Crippen molar-refractivity contribution in [2.45, 2.75) is 0 Å². The van der Waals surface area contributed by atoms with Gasteiger partial charge in [0.2, 0.25) is 11.7 Å². The van der Waals surface area contributed by atoms with E-state index >= 15 is 0 Å². The number of nitro groups is 1. The van der Waals surface area contributed by atoms with Gasteiger partial charge in [-0.15, -0.1) is 0 Å². The van der Waals surface area contributed by atoms with E-state index in [4.69, 9.17) is 4.74 Å². The number of ether oxygens (including phenoxy) is 1. The van der Waals surface area contributed by atoms with Gasteiger partial charge in [0.1, 0.15) is 6.33 Å². The van der Waals surface area contributed by atoms with E-state index in [9.17, 15) is 10.1 Å². The number of anilines is 1. The molecule has 0 bridgehead atoms. The Hall–Kier alpha value is -3.40. The first-order valence-corrected chi connectivity index (χ1v) is 8.44. The van der Waals surface area contributed by atoms with E-state index in [1.807, 2.05) is 30.1 Å². The summed E-state index contributed by atoms with van der Waals surface area (Å²) in [5.74, 6) is 0.250. The molecular formula is C17H17N7O3. The number of piperazine rings is 1. The molecule has 0 atom stereocenters. The van der Waals surface area contributed by atoms with Gasteiger partial charge in [-0.05, 0) is 19.2 Å². The first kappa shape index (κ1) is 17.0. The lowest BCUT2D eigenvalue weighted by Gasteiger charge is -2.32.